The molecule has 0 bridgehead atoms. The van der Waals surface area contributed by atoms with Crippen LogP contribution in [0.15, 0.2) is 24.3 Å². The maximum atomic E-state index is 11.1. The fraction of sp³-hybridized carbons (Fsp3) is 0.154. The number of aromatic nitrogens is 2. The van der Waals surface area contributed by atoms with E-state index in [4.69, 9.17) is 10.2 Å². The highest BCUT2D eigenvalue weighted by molar-refractivity contribution is 6.01. The average molecular weight is 260 g/mol. The van der Waals surface area contributed by atoms with Crippen molar-refractivity contribution in [1.82, 2.24) is 9.78 Å². The van der Waals surface area contributed by atoms with Gasteiger partial charge in [-0.05, 0) is 31.5 Å². The van der Waals surface area contributed by atoms with Gasteiger partial charge in [-0.15, -0.1) is 0 Å². The van der Waals surface area contributed by atoms with Gasteiger partial charge in [0.25, 0.3) is 0 Å². The van der Waals surface area contributed by atoms with Crippen LogP contribution >= 0.6 is 0 Å². The summed E-state index contributed by atoms with van der Waals surface area (Å²) in [6.45, 7) is 3.42. The van der Waals surface area contributed by atoms with Gasteiger partial charge >= 0.3 is 11.9 Å². The Balaban J connectivity index is 2.69. The van der Waals surface area contributed by atoms with E-state index in [0.29, 0.717) is 5.69 Å². The number of rotatable bonds is 3. The Morgan fingerprint density at radius 2 is 1.84 bits per heavy atom. The second kappa shape index (κ2) is 4.56. The fourth-order valence-corrected chi connectivity index (χ4v) is 1.92. The van der Waals surface area contributed by atoms with Crippen LogP contribution in [0.2, 0.25) is 0 Å². The van der Waals surface area contributed by atoms with E-state index < -0.39 is 17.6 Å². The molecule has 1 aromatic carbocycles. The van der Waals surface area contributed by atoms with Crippen molar-refractivity contribution in [2.45, 2.75) is 13.8 Å². The van der Waals surface area contributed by atoms with E-state index in [-0.39, 0.29) is 11.3 Å². The van der Waals surface area contributed by atoms with Crippen molar-refractivity contribution in [3.05, 3.63) is 46.8 Å². The number of aromatic carboxylic acids is 2. The normalized spacial score (nSPS) is 10.4. The van der Waals surface area contributed by atoms with Gasteiger partial charge in [-0.2, -0.15) is 5.10 Å². The van der Waals surface area contributed by atoms with Gasteiger partial charge in [0.2, 0.25) is 0 Å². The summed E-state index contributed by atoms with van der Waals surface area (Å²) < 4.78 is 1.33. The number of hydrogen-bond acceptors (Lipinski definition) is 3. The highest BCUT2D eigenvalue weighted by atomic mass is 16.4. The molecule has 2 aromatic rings. The van der Waals surface area contributed by atoms with Crippen LogP contribution in [-0.2, 0) is 0 Å². The molecule has 0 radical (unpaired) electrons. The Hall–Kier alpha value is -2.63. The third-order valence-corrected chi connectivity index (χ3v) is 2.78. The quantitative estimate of drug-likeness (QED) is 0.879. The molecule has 0 aliphatic heterocycles. The number of benzene rings is 1. The minimum atomic E-state index is -1.35. The summed E-state index contributed by atoms with van der Waals surface area (Å²) in [7, 11) is 0. The number of nitrogens with zero attached hydrogens (tertiary/aromatic N) is 2. The monoisotopic (exact) mass is 260 g/mol. The summed E-state index contributed by atoms with van der Waals surface area (Å²) >= 11 is 0. The van der Waals surface area contributed by atoms with Gasteiger partial charge < -0.3 is 10.2 Å². The number of aryl methyl sites for hydroxylation is 1. The molecule has 0 saturated carbocycles. The molecule has 0 aliphatic carbocycles. The van der Waals surface area contributed by atoms with Crippen LogP contribution in [0.25, 0.3) is 5.69 Å². The lowest BCUT2D eigenvalue weighted by molar-refractivity contribution is 0.0648. The predicted octanol–water partition coefficient (Wildman–Crippen LogP) is 1.89. The van der Waals surface area contributed by atoms with Crippen molar-refractivity contribution >= 4 is 11.9 Å². The van der Waals surface area contributed by atoms with Gasteiger partial charge in [0.05, 0.1) is 11.4 Å². The van der Waals surface area contributed by atoms with Crippen LogP contribution < -0.4 is 0 Å². The van der Waals surface area contributed by atoms with Crippen LogP contribution in [0.3, 0.4) is 0 Å². The summed E-state index contributed by atoms with van der Waals surface area (Å²) in [5, 5.41) is 22.0. The molecule has 0 amide bonds. The van der Waals surface area contributed by atoms with Crippen molar-refractivity contribution in [2.75, 3.05) is 0 Å². The van der Waals surface area contributed by atoms with E-state index in [0.717, 1.165) is 5.56 Å². The van der Waals surface area contributed by atoms with E-state index in [9.17, 15) is 9.59 Å². The molecule has 0 aliphatic rings. The molecule has 98 valence electrons. The minimum Gasteiger partial charge on any atom is -0.478 e. The first-order valence-electron chi connectivity index (χ1n) is 5.55. The molecule has 19 heavy (non-hydrogen) atoms. The van der Waals surface area contributed by atoms with Crippen molar-refractivity contribution in [3.8, 4) is 5.69 Å². The highest BCUT2D eigenvalue weighted by Gasteiger charge is 2.25. The third-order valence-electron chi connectivity index (χ3n) is 2.78. The van der Waals surface area contributed by atoms with Crippen LogP contribution in [-0.4, -0.2) is 31.9 Å². The van der Waals surface area contributed by atoms with Crippen molar-refractivity contribution in [3.63, 3.8) is 0 Å². The fourth-order valence-electron chi connectivity index (χ4n) is 1.92. The van der Waals surface area contributed by atoms with Gasteiger partial charge in [0, 0.05) is 0 Å². The molecule has 1 heterocycles. The summed E-state index contributed by atoms with van der Waals surface area (Å²) in [4.78, 5) is 22.2. The summed E-state index contributed by atoms with van der Waals surface area (Å²) in [5.41, 5.74) is 1.16. The smallest absolute Gasteiger partial charge is 0.357 e. The Kier molecular flexibility index (Phi) is 3.08. The van der Waals surface area contributed by atoms with Crippen LogP contribution in [0.4, 0.5) is 0 Å². The summed E-state index contributed by atoms with van der Waals surface area (Å²) in [6.07, 6.45) is 0. The molecule has 0 saturated heterocycles. The average Bonchev–Trinajstić information content (AvgIpc) is 2.67. The number of hydrogen-bond donors (Lipinski definition) is 2. The molecule has 2 N–H and O–H groups in total. The Labute approximate surface area is 108 Å². The summed E-state index contributed by atoms with van der Waals surface area (Å²) in [5.74, 6) is -2.65. The summed E-state index contributed by atoms with van der Waals surface area (Å²) in [6, 6.07) is 7.23. The van der Waals surface area contributed by atoms with Gasteiger partial charge in [0.15, 0.2) is 5.69 Å². The molecule has 2 rings (SSSR count). The standard InChI is InChI=1S/C13H12N2O4/c1-7-4-3-5-9(6-7)15-8(2)10(12(16)17)11(14-15)13(18)19/h3-6H,1-2H3,(H,16,17)(H,18,19). The van der Waals surface area contributed by atoms with Gasteiger partial charge in [-0.1, -0.05) is 12.1 Å². The zero-order chi connectivity index (χ0) is 14.2. The van der Waals surface area contributed by atoms with E-state index in [2.05, 4.69) is 5.10 Å². The Morgan fingerprint density at radius 3 is 2.32 bits per heavy atom. The minimum absolute atomic E-state index is 0.283. The van der Waals surface area contributed by atoms with E-state index in [1.165, 1.54) is 11.6 Å². The third kappa shape index (κ3) is 2.20. The van der Waals surface area contributed by atoms with Crippen molar-refractivity contribution in [1.29, 1.82) is 0 Å². The molecule has 1 aromatic heterocycles. The maximum absolute atomic E-state index is 11.1. The van der Waals surface area contributed by atoms with E-state index in [1.54, 1.807) is 18.2 Å². The Bertz CT molecular complexity index is 673. The molecule has 0 fully saturated rings. The zero-order valence-corrected chi connectivity index (χ0v) is 10.4. The lowest BCUT2D eigenvalue weighted by Crippen LogP contribution is -2.07. The largest absolute Gasteiger partial charge is 0.478 e. The SMILES string of the molecule is Cc1cccc(-n2nc(C(=O)O)c(C(=O)O)c2C)c1. The molecule has 0 atom stereocenters. The number of carbonyl (C=O) groups is 2. The predicted molar refractivity (Wildman–Crippen MR) is 67.0 cm³/mol. The molecule has 0 spiro atoms. The molecular weight excluding hydrogens is 248 g/mol. The number of carboxylic acid groups (broad SMARTS) is 2. The first kappa shape index (κ1) is 12.8. The van der Waals surface area contributed by atoms with Crippen LogP contribution in [0.5, 0.6) is 0 Å². The molecular formula is C13H12N2O4. The molecule has 6 heteroatoms. The first-order chi connectivity index (χ1) is 8.91. The van der Waals surface area contributed by atoms with E-state index >= 15 is 0 Å². The lowest BCUT2D eigenvalue weighted by atomic mass is 10.2. The van der Waals surface area contributed by atoms with Crippen molar-refractivity contribution in [2.24, 2.45) is 0 Å². The van der Waals surface area contributed by atoms with Crippen LogP contribution in [0, 0.1) is 13.8 Å². The maximum Gasteiger partial charge on any atom is 0.357 e. The molecule has 6 nitrogen and oxygen atoms in total. The van der Waals surface area contributed by atoms with Crippen LogP contribution in [0.1, 0.15) is 32.1 Å². The van der Waals surface area contributed by atoms with Crippen molar-refractivity contribution < 1.29 is 19.8 Å². The highest BCUT2D eigenvalue weighted by Crippen LogP contribution is 2.19. The van der Waals surface area contributed by atoms with Gasteiger partial charge in [0.1, 0.15) is 5.56 Å². The second-order valence-electron chi connectivity index (χ2n) is 4.17. The first-order valence-corrected chi connectivity index (χ1v) is 5.55. The lowest BCUT2D eigenvalue weighted by Gasteiger charge is -2.05. The second-order valence-corrected chi connectivity index (χ2v) is 4.17. The molecule has 0 unspecified atom stereocenters. The van der Waals surface area contributed by atoms with E-state index in [1.807, 2.05) is 13.0 Å². The van der Waals surface area contributed by atoms with Gasteiger partial charge in [-0.3, -0.25) is 0 Å². The Morgan fingerprint density at radius 1 is 1.16 bits per heavy atom. The van der Waals surface area contributed by atoms with Gasteiger partial charge in [-0.25, -0.2) is 14.3 Å². The topological polar surface area (TPSA) is 92.4 Å². The zero-order valence-electron chi connectivity index (χ0n) is 10.4. The number of carboxylic acids is 2.